The van der Waals surface area contributed by atoms with E-state index in [2.05, 4.69) is 20.1 Å². The number of hydrogen-bond donors (Lipinski definition) is 1. The molecule has 336 valence electrons. The summed E-state index contributed by atoms with van der Waals surface area (Å²) in [6.45, 7) is 9.69. The van der Waals surface area contributed by atoms with Gasteiger partial charge in [-0.05, 0) is 146 Å². The van der Waals surface area contributed by atoms with E-state index < -0.39 is 0 Å². The molecule has 8 rings (SSSR count). The van der Waals surface area contributed by atoms with Crippen LogP contribution < -0.4 is 14.2 Å². The summed E-state index contributed by atoms with van der Waals surface area (Å²) < 4.78 is 53.1. The highest BCUT2D eigenvalue weighted by atomic mass is 35.5. The quantitative estimate of drug-likeness (QED) is 0.0632. The average Bonchev–Trinajstić information content (AvgIpc) is 3.92. The Balaban J connectivity index is 0.000000176. The predicted molar refractivity (Wildman–Crippen MR) is 238 cm³/mol. The van der Waals surface area contributed by atoms with Gasteiger partial charge in [0, 0.05) is 58.3 Å². The van der Waals surface area contributed by atoms with Gasteiger partial charge in [0.2, 0.25) is 0 Å². The molecule has 2 saturated heterocycles. The summed E-state index contributed by atoms with van der Waals surface area (Å²) in [5, 5.41) is 19.4. The number of aromatic nitrogens is 2. The van der Waals surface area contributed by atoms with Crippen LogP contribution in [-0.2, 0) is 0 Å². The molecule has 15 heteroatoms. The number of ether oxygens (including phenoxy) is 3. The van der Waals surface area contributed by atoms with Crippen molar-refractivity contribution in [2.24, 2.45) is 0 Å². The van der Waals surface area contributed by atoms with Crippen molar-refractivity contribution in [3.05, 3.63) is 107 Å². The molecule has 0 aliphatic carbocycles. The number of methoxy groups -OCH3 is 2. The second kappa shape index (κ2) is 22.7. The molecule has 4 aromatic carbocycles. The Hall–Kier alpha value is -5.57. The molecule has 0 unspecified atom stereocenters. The van der Waals surface area contributed by atoms with Crippen LogP contribution in [0.1, 0.15) is 96.3 Å². The number of nitrogens with zero attached hydrogens (tertiary/aromatic N) is 4. The summed E-state index contributed by atoms with van der Waals surface area (Å²) in [5.74, 6) is 2.43. The Morgan fingerprint density at radius 2 is 1.16 bits per heavy atom. The zero-order valence-corrected chi connectivity index (χ0v) is 37.0. The number of ketones is 2. The van der Waals surface area contributed by atoms with Crippen molar-refractivity contribution in [2.45, 2.75) is 64.2 Å². The molecule has 12 nitrogen and oxygen atoms in total. The SMILES string of the molecule is COc1cc(C(C)=O)ccc1O.COc1cc(C(C)=O)ccc1OCCCN1CCC(c2noc3cc(F)ccc23)CC1.Fc1ccc2c(C3CCN(CCCCl)CC3)noc2c1. The minimum Gasteiger partial charge on any atom is -0.504 e. The first-order valence-electron chi connectivity index (χ1n) is 21.3. The summed E-state index contributed by atoms with van der Waals surface area (Å²) in [6.07, 6.45) is 6.08. The number of fused-ring (bicyclic) bond motifs is 2. The van der Waals surface area contributed by atoms with E-state index in [1.54, 1.807) is 43.5 Å². The summed E-state index contributed by atoms with van der Waals surface area (Å²) >= 11 is 5.73. The molecule has 0 saturated carbocycles. The van der Waals surface area contributed by atoms with Crippen molar-refractivity contribution in [3.63, 3.8) is 0 Å². The third-order valence-corrected chi connectivity index (χ3v) is 11.8. The Bertz CT molecular complexity index is 2440. The van der Waals surface area contributed by atoms with Gasteiger partial charge < -0.3 is 38.2 Å². The van der Waals surface area contributed by atoms with Gasteiger partial charge in [-0.1, -0.05) is 10.3 Å². The standard InChI is InChI=1S/C24H27FN2O4.C15H18ClFN2O.C9H10O3/c1-16(28)18-4-7-21(23(14-18)29-2)30-13-3-10-27-11-8-17(9-12-27)24-20-6-5-19(25)15-22(20)31-26-24;16-6-1-7-19-8-4-11(5-9-19)15-13-3-2-12(17)10-14(13)20-18-15;1-6(10)7-3-4-8(11)9(5-7)12-2/h4-7,14-15,17H,3,8-13H2,1-2H3;2-3,10-11H,1,4-9H2;3-5,11H,1-2H3. The topological polar surface area (TPSA) is 141 Å². The Morgan fingerprint density at radius 1 is 0.683 bits per heavy atom. The normalized spacial score (nSPS) is 15.0. The van der Waals surface area contributed by atoms with Crippen molar-refractivity contribution in [1.29, 1.82) is 0 Å². The van der Waals surface area contributed by atoms with Crippen molar-refractivity contribution in [1.82, 2.24) is 20.1 Å². The maximum atomic E-state index is 13.4. The average molecular weight is 889 g/mol. The van der Waals surface area contributed by atoms with E-state index >= 15 is 0 Å². The number of alkyl halides is 1. The lowest BCUT2D eigenvalue weighted by atomic mass is 9.91. The molecule has 2 aliphatic rings. The summed E-state index contributed by atoms with van der Waals surface area (Å²) in [6, 6.07) is 19.0. The Labute approximate surface area is 371 Å². The minimum atomic E-state index is -0.306. The highest BCUT2D eigenvalue weighted by Crippen LogP contribution is 2.35. The van der Waals surface area contributed by atoms with Gasteiger partial charge in [-0.25, -0.2) is 8.78 Å². The molecule has 0 atom stereocenters. The lowest BCUT2D eigenvalue weighted by Gasteiger charge is -2.31. The first kappa shape index (κ1) is 46.9. The molecule has 1 N–H and O–H groups in total. The van der Waals surface area contributed by atoms with Gasteiger partial charge in [0.1, 0.15) is 11.6 Å². The minimum absolute atomic E-state index is 0.000894. The molecular formula is C48H55ClF2N4O8. The van der Waals surface area contributed by atoms with E-state index in [0.29, 0.717) is 58.0 Å². The summed E-state index contributed by atoms with van der Waals surface area (Å²) in [7, 11) is 3.02. The first-order valence-corrected chi connectivity index (χ1v) is 21.8. The van der Waals surface area contributed by atoms with Gasteiger partial charge in [-0.15, -0.1) is 11.6 Å². The molecule has 63 heavy (non-hydrogen) atoms. The number of rotatable bonds is 14. The second-order valence-electron chi connectivity index (χ2n) is 15.8. The molecule has 0 bridgehead atoms. The number of phenolic OH excluding ortho intramolecular Hbond substituents is 1. The van der Waals surface area contributed by atoms with E-state index in [-0.39, 0.29) is 29.0 Å². The number of benzene rings is 4. The van der Waals surface area contributed by atoms with Crippen LogP contribution in [0.5, 0.6) is 23.0 Å². The highest BCUT2D eigenvalue weighted by Gasteiger charge is 2.26. The van der Waals surface area contributed by atoms with Gasteiger partial charge in [0.25, 0.3) is 0 Å². The zero-order valence-electron chi connectivity index (χ0n) is 36.2. The third-order valence-electron chi connectivity index (χ3n) is 11.5. The van der Waals surface area contributed by atoms with Gasteiger partial charge in [0.15, 0.2) is 45.7 Å². The fourth-order valence-electron chi connectivity index (χ4n) is 7.97. The van der Waals surface area contributed by atoms with Crippen molar-refractivity contribution >= 4 is 45.1 Å². The number of piperidine rings is 2. The number of halogens is 3. The van der Waals surface area contributed by atoms with Crippen LogP contribution >= 0.6 is 11.6 Å². The molecule has 2 aliphatic heterocycles. The van der Waals surface area contributed by atoms with Crippen LogP contribution in [-0.4, -0.2) is 103 Å². The van der Waals surface area contributed by atoms with Crippen LogP contribution in [0.25, 0.3) is 21.9 Å². The second-order valence-corrected chi connectivity index (χ2v) is 16.1. The number of phenols is 1. The molecular weight excluding hydrogens is 834 g/mol. The molecule has 2 aromatic heterocycles. The van der Waals surface area contributed by atoms with Crippen LogP contribution in [0.2, 0.25) is 0 Å². The van der Waals surface area contributed by atoms with Gasteiger partial charge in [-0.2, -0.15) is 0 Å². The largest absolute Gasteiger partial charge is 0.504 e. The van der Waals surface area contributed by atoms with Gasteiger partial charge in [-0.3, -0.25) is 9.59 Å². The molecule has 0 radical (unpaired) electrons. The maximum absolute atomic E-state index is 13.4. The third kappa shape index (κ3) is 12.5. The molecule has 0 amide bonds. The van der Waals surface area contributed by atoms with Crippen molar-refractivity contribution < 1.29 is 46.7 Å². The van der Waals surface area contributed by atoms with Crippen LogP contribution in [0, 0.1) is 11.6 Å². The van der Waals surface area contributed by atoms with E-state index in [1.807, 2.05) is 0 Å². The number of aromatic hydroxyl groups is 1. The predicted octanol–water partition coefficient (Wildman–Crippen LogP) is 10.2. The number of likely N-dealkylation sites (tertiary alicyclic amines) is 2. The highest BCUT2D eigenvalue weighted by molar-refractivity contribution is 6.17. The van der Waals surface area contributed by atoms with Crippen LogP contribution in [0.4, 0.5) is 8.78 Å². The number of Topliss-reactive ketones (excluding diaryl/α,β-unsaturated/α-hetero) is 2. The zero-order chi connectivity index (χ0) is 44.9. The monoisotopic (exact) mass is 888 g/mol. The molecule has 6 aromatic rings. The number of hydrogen-bond acceptors (Lipinski definition) is 12. The molecule has 2 fully saturated rings. The number of carbonyl (C=O) groups is 2. The van der Waals surface area contributed by atoms with E-state index in [4.69, 9.17) is 34.9 Å². The Kier molecular flexibility index (Phi) is 16.9. The van der Waals surface area contributed by atoms with Crippen LogP contribution in [0.3, 0.4) is 0 Å². The first-order chi connectivity index (χ1) is 30.5. The van der Waals surface area contributed by atoms with Crippen molar-refractivity contribution in [3.8, 4) is 23.0 Å². The smallest absolute Gasteiger partial charge is 0.170 e. The van der Waals surface area contributed by atoms with E-state index in [0.717, 1.165) is 106 Å². The fraction of sp³-hybridized carbons (Fsp3) is 0.417. The summed E-state index contributed by atoms with van der Waals surface area (Å²) in [5.41, 5.74) is 4.13. The molecule has 0 spiro atoms. The number of carbonyl (C=O) groups excluding carboxylic acids is 2. The Morgan fingerprint density at radius 3 is 1.63 bits per heavy atom. The van der Waals surface area contributed by atoms with E-state index in [1.165, 1.54) is 57.4 Å². The maximum Gasteiger partial charge on any atom is 0.170 e. The summed E-state index contributed by atoms with van der Waals surface area (Å²) in [4.78, 5) is 27.3. The lowest BCUT2D eigenvalue weighted by Crippen LogP contribution is -2.34. The lowest BCUT2D eigenvalue weighted by molar-refractivity contribution is 0.100. The van der Waals surface area contributed by atoms with Gasteiger partial charge in [0.05, 0.1) is 32.2 Å². The van der Waals surface area contributed by atoms with Crippen molar-refractivity contribution in [2.75, 3.05) is 66.0 Å². The van der Waals surface area contributed by atoms with Gasteiger partial charge >= 0.3 is 0 Å². The van der Waals surface area contributed by atoms with E-state index in [9.17, 15) is 23.5 Å². The molecule has 4 heterocycles. The van der Waals surface area contributed by atoms with Crippen LogP contribution in [0.15, 0.2) is 81.8 Å². The fourth-order valence-corrected chi connectivity index (χ4v) is 8.09.